The van der Waals surface area contributed by atoms with E-state index in [1.54, 1.807) is 0 Å². The van der Waals surface area contributed by atoms with Gasteiger partial charge in [-0.2, -0.15) is 0 Å². The van der Waals surface area contributed by atoms with Crippen LogP contribution in [0.2, 0.25) is 13.1 Å². The summed E-state index contributed by atoms with van der Waals surface area (Å²) in [4.78, 5) is 12.7. The molecule has 0 radical (unpaired) electrons. The van der Waals surface area contributed by atoms with Gasteiger partial charge in [0.25, 0.3) is 0 Å². The van der Waals surface area contributed by atoms with Crippen LogP contribution in [0.4, 0.5) is 0 Å². The van der Waals surface area contributed by atoms with Crippen molar-refractivity contribution in [3.05, 3.63) is 102 Å². The lowest BCUT2D eigenvalue weighted by Crippen LogP contribution is -2.48. The van der Waals surface area contributed by atoms with Crippen LogP contribution in [-0.2, 0) is 16.1 Å². The molecule has 0 saturated heterocycles. The summed E-state index contributed by atoms with van der Waals surface area (Å²) < 4.78 is 5.59. The maximum absolute atomic E-state index is 12.7. The Morgan fingerprint density at radius 2 is 1.33 bits per heavy atom. The van der Waals surface area contributed by atoms with Crippen LogP contribution in [0, 0.1) is 0 Å². The average molecular weight is 375 g/mol. The van der Waals surface area contributed by atoms with E-state index in [0.717, 1.165) is 5.56 Å². The second kappa shape index (κ2) is 8.83. The highest BCUT2D eigenvalue weighted by Gasteiger charge is 2.36. The highest BCUT2D eigenvalue weighted by atomic mass is 28.3. The SMILES string of the molecule is C[Si](C)(c1ccccc1)[C@@H](CC(=O)OCc1ccccc1)c1ccccc1. The lowest BCUT2D eigenvalue weighted by Gasteiger charge is -2.33. The Hall–Kier alpha value is -2.65. The molecule has 1 atom stereocenters. The predicted molar refractivity (Wildman–Crippen MR) is 114 cm³/mol. The fourth-order valence-electron chi connectivity index (χ4n) is 3.51. The first-order valence-electron chi connectivity index (χ1n) is 9.37. The highest BCUT2D eigenvalue weighted by molar-refractivity contribution is 6.91. The molecule has 0 aliphatic rings. The Labute approximate surface area is 162 Å². The minimum atomic E-state index is -1.92. The minimum absolute atomic E-state index is 0.135. The van der Waals surface area contributed by atoms with E-state index in [-0.39, 0.29) is 11.5 Å². The number of carbonyl (C=O) groups is 1. The minimum Gasteiger partial charge on any atom is -0.461 e. The van der Waals surface area contributed by atoms with Gasteiger partial charge in [0.1, 0.15) is 6.61 Å². The fourth-order valence-corrected chi connectivity index (χ4v) is 6.66. The molecule has 3 heteroatoms. The second-order valence-corrected chi connectivity index (χ2v) is 12.1. The van der Waals surface area contributed by atoms with E-state index in [1.807, 2.05) is 54.6 Å². The van der Waals surface area contributed by atoms with Gasteiger partial charge in [0.2, 0.25) is 0 Å². The van der Waals surface area contributed by atoms with Gasteiger partial charge in [-0.1, -0.05) is 109 Å². The first-order chi connectivity index (χ1) is 13.1. The van der Waals surface area contributed by atoms with Crippen molar-refractivity contribution in [2.24, 2.45) is 0 Å². The molecular formula is C24H26O2Si. The van der Waals surface area contributed by atoms with Crippen LogP contribution < -0.4 is 5.19 Å². The smallest absolute Gasteiger partial charge is 0.306 e. The van der Waals surface area contributed by atoms with Crippen LogP contribution in [0.5, 0.6) is 0 Å². The number of benzene rings is 3. The van der Waals surface area contributed by atoms with E-state index in [9.17, 15) is 4.79 Å². The second-order valence-electron chi connectivity index (χ2n) is 7.40. The molecular weight excluding hydrogens is 348 g/mol. The summed E-state index contributed by atoms with van der Waals surface area (Å²) in [6.07, 6.45) is 0.408. The van der Waals surface area contributed by atoms with Crippen LogP contribution in [0.3, 0.4) is 0 Å². The van der Waals surface area contributed by atoms with Crippen molar-refractivity contribution in [2.45, 2.75) is 31.7 Å². The van der Waals surface area contributed by atoms with Gasteiger partial charge in [-0.25, -0.2) is 0 Å². The molecule has 0 amide bonds. The molecule has 2 nitrogen and oxygen atoms in total. The van der Waals surface area contributed by atoms with Crippen LogP contribution in [0.15, 0.2) is 91.0 Å². The Morgan fingerprint density at radius 1 is 0.815 bits per heavy atom. The van der Waals surface area contributed by atoms with Gasteiger partial charge in [-0.05, 0) is 16.7 Å². The number of ether oxygens (including phenoxy) is 1. The zero-order chi connectivity index (χ0) is 19.1. The van der Waals surface area contributed by atoms with Crippen LogP contribution in [0.25, 0.3) is 0 Å². The molecule has 0 bridgehead atoms. The summed E-state index contributed by atoms with van der Waals surface area (Å²) in [5, 5.41) is 1.36. The van der Waals surface area contributed by atoms with E-state index in [2.05, 4.69) is 49.5 Å². The van der Waals surface area contributed by atoms with E-state index in [1.165, 1.54) is 10.8 Å². The van der Waals surface area contributed by atoms with Crippen molar-refractivity contribution >= 4 is 19.2 Å². The number of esters is 1. The predicted octanol–water partition coefficient (Wildman–Crippen LogP) is 5.06. The topological polar surface area (TPSA) is 26.3 Å². The lowest BCUT2D eigenvalue weighted by atomic mass is 10.1. The quantitative estimate of drug-likeness (QED) is 0.427. The van der Waals surface area contributed by atoms with Crippen molar-refractivity contribution in [3.8, 4) is 0 Å². The van der Waals surface area contributed by atoms with E-state index in [4.69, 9.17) is 4.74 Å². The van der Waals surface area contributed by atoms with Gasteiger partial charge in [-0.15, -0.1) is 0 Å². The summed E-state index contributed by atoms with van der Waals surface area (Å²) >= 11 is 0. The molecule has 0 saturated carbocycles. The van der Waals surface area contributed by atoms with Crippen molar-refractivity contribution in [1.29, 1.82) is 0 Å². The Bertz CT molecular complexity index is 845. The van der Waals surface area contributed by atoms with Crippen LogP contribution in [0.1, 0.15) is 23.1 Å². The largest absolute Gasteiger partial charge is 0.461 e. The molecule has 0 aliphatic carbocycles. The first kappa shape index (κ1) is 19.1. The molecule has 0 aromatic heterocycles. The maximum atomic E-state index is 12.7. The molecule has 0 N–H and O–H groups in total. The summed E-state index contributed by atoms with van der Waals surface area (Å²) in [5.74, 6) is -0.135. The van der Waals surface area contributed by atoms with Gasteiger partial charge in [0.05, 0.1) is 14.5 Å². The molecule has 138 valence electrons. The fraction of sp³-hybridized carbons (Fsp3) is 0.208. The number of rotatable bonds is 7. The number of hydrogen-bond donors (Lipinski definition) is 0. The van der Waals surface area contributed by atoms with Gasteiger partial charge in [-0.3, -0.25) is 4.79 Å². The first-order valence-corrected chi connectivity index (χ1v) is 12.4. The summed E-state index contributed by atoms with van der Waals surface area (Å²) in [7, 11) is -1.92. The van der Waals surface area contributed by atoms with Gasteiger partial charge >= 0.3 is 5.97 Å². The van der Waals surface area contributed by atoms with Crippen molar-refractivity contribution < 1.29 is 9.53 Å². The van der Waals surface area contributed by atoms with Crippen LogP contribution in [-0.4, -0.2) is 14.0 Å². The Balaban J connectivity index is 1.79. The van der Waals surface area contributed by atoms with Crippen LogP contribution >= 0.6 is 0 Å². The molecule has 3 rings (SSSR count). The van der Waals surface area contributed by atoms with Crippen molar-refractivity contribution in [3.63, 3.8) is 0 Å². The summed E-state index contributed by atoms with van der Waals surface area (Å²) in [6, 6.07) is 30.8. The van der Waals surface area contributed by atoms with Gasteiger partial charge < -0.3 is 4.74 Å². The third-order valence-electron chi connectivity index (χ3n) is 5.20. The average Bonchev–Trinajstić information content (AvgIpc) is 2.72. The monoisotopic (exact) mass is 374 g/mol. The number of carbonyl (C=O) groups excluding carboxylic acids is 1. The van der Waals surface area contributed by atoms with Crippen molar-refractivity contribution in [1.82, 2.24) is 0 Å². The molecule has 0 fully saturated rings. The standard InChI is InChI=1S/C24H26O2Si/c1-27(2,22-16-10-5-11-17-22)23(21-14-8-4-9-15-21)18-24(25)26-19-20-12-6-3-7-13-20/h3-17,23H,18-19H2,1-2H3/t23-/m0/s1. The van der Waals surface area contributed by atoms with E-state index < -0.39 is 8.07 Å². The molecule has 0 unspecified atom stereocenters. The zero-order valence-corrected chi connectivity index (χ0v) is 17.0. The molecule has 3 aromatic carbocycles. The lowest BCUT2D eigenvalue weighted by molar-refractivity contribution is -0.145. The van der Waals surface area contributed by atoms with Gasteiger partial charge in [0.15, 0.2) is 0 Å². The molecule has 27 heavy (non-hydrogen) atoms. The molecule has 0 spiro atoms. The third kappa shape index (κ3) is 4.95. The summed E-state index contributed by atoms with van der Waals surface area (Å²) in [5.41, 5.74) is 2.40. The molecule has 3 aromatic rings. The summed E-state index contributed by atoms with van der Waals surface area (Å²) in [6.45, 7) is 5.00. The molecule has 0 heterocycles. The Morgan fingerprint density at radius 3 is 1.93 bits per heavy atom. The van der Waals surface area contributed by atoms with E-state index >= 15 is 0 Å². The number of hydrogen-bond acceptors (Lipinski definition) is 2. The normalized spacial score (nSPS) is 12.4. The maximum Gasteiger partial charge on any atom is 0.306 e. The van der Waals surface area contributed by atoms with E-state index in [0.29, 0.717) is 13.0 Å². The zero-order valence-electron chi connectivity index (χ0n) is 16.0. The Kier molecular flexibility index (Phi) is 6.25. The van der Waals surface area contributed by atoms with Crippen molar-refractivity contribution in [2.75, 3.05) is 0 Å². The third-order valence-corrected chi connectivity index (χ3v) is 9.31. The molecule has 0 aliphatic heterocycles. The van der Waals surface area contributed by atoms with Gasteiger partial charge in [0, 0.05) is 0 Å². The highest BCUT2D eigenvalue weighted by Crippen LogP contribution is 2.30.